The molecule has 0 aliphatic heterocycles. The molecule has 4 nitrogen and oxygen atoms in total. The number of hydrogen-bond donors (Lipinski definition) is 1. The molecule has 0 spiro atoms. The summed E-state index contributed by atoms with van der Waals surface area (Å²) in [6.07, 6.45) is 3.22. The number of carbonyl (C=O) groups is 1. The van der Waals surface area contributed by atoms with Crippen molar-refractivity contribution in [2.24, 2.45) is 0 Å². The zero-order valence-electron chi connectivity index (χ0n) is 16.8. The molecule has 0 radical (unpaired) electrons. The first-order valence-corrected chi connectivity index (χ1v) is 10.1. The Kier molecular flexibility index (Phi) is 7.70. The minimum atomic E-state index is -0.216. The third-order valence-electron chi connectivity index (χ3n) is 4.51. The lowest BCUT2D eigenvalue weighted by molar-refractivity contribution is 0.102. The maximum Gasteiger partial charge on any atom is 0.259 e. The fraction of sp³-hybridized carbons (Fsp3) is 0.240. The van der Waals surface area contributed by atoms with Crippen molar-refractivity contribution in [3.8, 4) is 11.5 Å². The van der Waals surface area contributed by atoms with Crippen molar-refractivity contribution in [1.29, 1.82) is 0 Å². The van der Waals surface area contributed by atoms with E-state index in [-0.39, 0.29) is 5.91 Å². The number of rotatable bonds is 10. The molecule has 0 unspecified atom stereocenters. The normalized spacial score (nSPS) is 10.4. The molecule has 1 amide bonds. The number of ether oxygens (including phenoxy) is 2. The summed E-state index contributed by atoms with van der Waals surface area (Å²) in [6.45, 7) is 3.19. The summed E-state index contributed by atoms with van der Waals surface area (Å²) in [5.41, 5.74) is 2.22. The van der Waals surface area contributed by atoms with E-state index in [2.05, 4.69) is 12.2 Å². The first-order chi connectivity index (χ1) is 14.3. The Morgan fingerprint density at radius 1 is 0.793 bits per heavy atom. The quantitative estimate of drug-likeness (QED) is 0.427. The summed E-state index contributed by atoms with van der Waals surface area (Å²) in [5, 5.41) is 2.96. The van der Waals surface area contributed by atoms with E-state index in [4.69, 9.17) is 9.47 Å². The van der Waals surface area contributed by atoms with Crippen LogP contribution in [0.5, 0.6) is 11.5 Å². The maximum atomic E-state index is 12.9. The van der Waals surface area contributed by atoms with Crippen LogP contribution in [0.15, 0.2) is 78.9 Å². The van der Waals surface area contributed by atoms with Crippen molar-refractivity contribution in [2.45, 2.75) is 32.8 Å². The molecule has 4 heteroatoms. The number of hydrogen-bond acceptors (Lipinski definition) is 3. The number of anilines is 1. The molecule has 0 fully saturated rings. The van der Waals surface area contributed by atoms with Crippen molar-refractivity contribution in [3.63, 3.8) is 0 Å². The molecule has 0 bridgehead atoms. The minimum Gasteiger partial charge on any atom is -0.493 e. The molecule has 0 saturated heterocycles. The molecule has 1 N–H and O–H groups in total. The van der Waals surface area contributed by atoms with Gasteiger partial charge in [0, 0.05) is 0 Å². The lowest BCUT2D eigenvalue weighted by Crippen LogP contribution is -2.14. The molecule has 0 aliphatic carbocycles. The van der Waals surface area contributed by atoms with Gasteiger partial charge < -0.3 is 14.8 Å². The van der Waals surface area contributed by atoms with Gasteiger partial charge >= 0.3 is 0 Å². The third kappa shape index (κ3) is 6.11. The fourth-order valence-corrected chi connectivity index (χ4v) is 2.94. The molecule has 0 saturated carbocycles. The highest BCUT2D eigenvalue weighted by molar-refractivity contribution is 6.06. The highest BCUT2D eigenvalue weighted by Gasteiger charge is 2.14. The average Bonchev–Trinajstić information content (AvgIpc) is 2.77. The molecule has 29 heavy (non-hydrogen) atoms. The summed E-state index contributed by atoms with van der Waals surface area (Å²) in [7, 11) is 0. The Bertz CT molecular complexity index is 909. The van der Waals surface area contributed by atoms with Crippen LogP contribution in [0, 0.1) is 0 Å². The average molecular weight is 389 g/mol. The molecule has 150 valence electrons. The largest absolute Gasteiger partial charge is 0.493 e. The summed E-state index contributed by atoms with van der Waals surface area (Å²) >= 11 is 0. The Hall–Kier alpha value is -3.27. The van der Waals surface area contributed by atoms with Crippen LogP contribution in [0.25, 0.3) is 0 Å². The number of nitrogens with one attached hydrogen (secondary N) is 1. The number of para-hydroxylation sites is 3. The number of amides is 1. The standard InChI is InChI=1S/C25H27NO3/c1-2-3-11-18-28-23-16-9-7-14-21(23)25(27)26-22-15-8-10-17-24(22)29-19-20-12-5-4-6-13-20/h4-10,12-17H,2-3,11,18-19H2,1H3,(H,26,27). The van der Waals surface area contributed by atoms with E-state index < -0.39 is 0 Å². The van der Waals surface area contributed by atoms with Crippen molar-refractivity contribution >= 4 is 11.6 Å². The summed E-state index contributed by atoms with van der Waals surface area (Å²) in [4.78, 5) is 12.9. The van der Waals surface area contributed by atoms with Crippen LogP contribution >= 0.6 is 0 Å². The summed E-state index contributed by atoms with van der Waals surface area (Å²) in [5.74, 6) is 1.02. The summed E-state index contributed by atoms with van der Waals surface area (Å²) in [6, 6.07) is 24.7. The van der Waals surface area contributed by atoms with Gasteiger partial charge in [0.15, 0.2) is 0 Å². The molecule has 3 aromatic carbocycles. The predicted molar refractivity (Wildman–Crippen MR) is 117 cm³/mol. The second-order valence-corrected chi connectivity index (χ2v) is 6.78. The van der Waals surface area contributed by atoms with Gasteiger partial charge in [-0.15, -0.1) is 0 Å². The number of benzene rings is 3. The van der Waals surface area contributed by atoms with Crippen LogP contribution in [0.3, 0.4) is 0 Å². The fourth-order valence-electron chi connectivity index (χ4n) is 2.94. The second kappa shape index (κ2) is 10.9. The van der Waals surface area contributed by atoms with Crippen molar-refractivity contribution < 1.29 is 14.3 Å². The van der Waals surface area contributed by atoms with Gasteiger partial charge in [-0.25, -0.2) is 0 Å². The van der Waals surface area contributed by atoms with Crippen LogP contribution in [-0.2, 0) is 6.61 Å². The van der Waals surface area contributed by atoms with Crippen molar-refractivity contribution in [2.75, 3.05) is 11.9 Å². The van der Waals surface area contributed by atoms with Crippen LogP contribution in [0.1, 0.15) is 42.1 Å². The van der Waals surface area contributed by atoms with E-state index in [0.29, 0.717) is 36.0 Å². The molecule has 0 aromatic heterocycles. The van der Waals surface area contributed by atoms with Gasteiger partial charge in [-0.1, -0.05) is 74.4 Å². The van der Waals surface area contributed by atoms with Gasteiger partial charge in [0.2, 0.25) is 0 Å². The lowest BCUT2D eigenvalue weighted by Gasteiger charge is -2.14. The van der Waals surface area contributed by atoms with Crippen LogP contribution in [0.4, 0.5) is 5.69 Å². The highest BCUT2D eigenvalue weighted by atomic mass is 16.5. The minimum absolute atomic E-state index is 0.216. The predicted octanol–water partition coefficient (Wildman–Crippen LogP) is 6.09. The highest BCUT2D eigenvalue weighted by Crippen LogP contribution is 2.27. The van der Waals surface area contributed by atoms with E-state index in [0.717, 1.165) is 24.8 Å². The Morgan fingerprint density at radius 3 is 2.28 bits per heavy atom. The number of unbranched alkanes of at least 4 members (excludes halogenated alkanes) is 2. The van der Waals surface area contributed by atoms with Gasteiger partial charge in [0.25, 0.3) is 5.91 Å². The molecule has 0 heterocycles. The van der Waals surface area contributed by atoms with Gasteiger partial charge in [-0.05, 0) is 36.2 Å². The van der Waals surface area contributed by atoms with Gasteiger partial charge in [0.05, 0.1) is 17.9 Å². The van der Waals surface area contributed by atoms with E-state index in [1.807, 2.05) is 72.8 Å². The van der Waals surface area contributed by atoms with Crippen molar-refractivity contribution in [1.82, 2.24) is 0 Å². The zero-order valence-corrected chi connectivity index (χ0v) is 16.8. The second-order valence-electron chi connectivity index (χ2n) is 6.78. The lowest BCUT2D eigenvalue weighted by atomic mass is 10.1. The molecular formula is C25H27NO3. The van der Waals surface area contributed by atoms with Crippen LogP contribution < -0.4 is 14.8 Å². The van der Waals surface area contributed by atoms with Crippen molar-refractivity contribution in [3.05, 3.63) is 90.0 Å². The van der Waals surface area contributed by atoms with Gasteiger partial charge in [-0.2, -0.15) is 0 Å². The monoisotopic (exact) mass is 389 g/mol. The van der Waals surface area contributed by atoms with Gasteiger partial charge in [-0.3, -0.25) is 4.79 Å². The number of carbonyl (C=O) groups excluding carboxylic acids is 1. The zero-order chi connectivity index (χ0) is 20.3. The summed E-state index contributed by atoms with van der Waals surface area (Å²) < 4.78 is 11.8. The first kappa shape index (κ1) is 20.5. The smallest absolute Gasteiger partial charge is 0.259 e. The molecule has 3 aromatic rings. The Labute approximate surface area is 172 Å². The Balaban J connectivity index is 1.68. The van der Waals surface area contributed by atoms with E-state index >= 15 is 0 Å². The first-order valence-electron chi connectivity index (χ1n) is 10.1. The Morgan fingerprint density at radius 2 is 1.48 bits per heavy atom. The van der Waals surface area contributed by atoms with E-state index in [9.17, 15) is 4.79 Å². The molecular weight excluding hydrogens is 362 g/mol. The topological polar surface area (TPSA) is 47.6 Å². The SMILES string of the molecule is CCCCCOc1ccccc1C(=O)Nc1ccccc1OCc1ccccc1. The van der Waals surface area contributed by atoms with E-state index in [1.54, 1.807) is 6.07 Å². The third-order valence-corrected chi connectivity index (χ3v) is 4.51. The molecule has 3 rings (SSSR count). The molecule has 0 atom stereocenters. The van der Waals surface area contributed by atoms with E-state index in [1.165, 1.54) is 0 Å². The van der Waals surface area contributed by atoms with Crippen LogP contribution in [-0.4, -0.2) is 12.5 Å². The van der Waals surface area contributed by atoms with Gasteiger partial charge in [0.1, 0.15) is 18.1 Å². The van der Waals surface area contributed by atoms with Crippen LogP contribution in [0.2, 0.25) is 0 Å². The maximum absolute atomic E-state index is 12.9. The molecule has 0 aliphatic rings.